The number of rotatable bonds is 5. The lowest BCUT2D eigenvalue weighted by Gasteiger charge is -2.36. The fourth-order valence-corrected chi connectivity index (χ4v) is 2.46. The van der Waals surface area contributed by atoms with Gasteiger partial charge >= 0.3 is 0 Å². The van der Waals surface area contributed by atoms with E-state index in [-0.39, 0.29) is 17.5 Å². The first-order valence-electron chi connectivity index (χ1n) is 6.87. The minimum atomic E-state index is -1.84. The highest BCUT2D eigenvalue weighted by Gasteiger charge is 2.37. The molecule has 0 radical (unpaired) electrons. The van der Waals surface area contributed by atoms with E-state index in [0.717, 1.165) is 11.1 Å². The predicted octanol–water partition coefficient (Wildman–Crippen LogP) is 4.22. The maximum Gasteiger partial charge on any atom is 0.192 e. The van der Waals surface area contributed by atoms with Crippen LogP contribution in [0.15, 0.2) is 30.3 Å². The Morgan fingerprint density at radius 3 is 2.25 bits per heavy atom. The molecule has 0 spiro atoms. The Morgan fingerprint density at radius 2 is 1.80 bits per heavy atom. The van der Waals surface area contributed by atoms with Crippen molar-refractivity contribution >= 4 is 13.9 Å². The maximum atomic E-state index is 13.0. The summed E-state index contributed by atoms with van der Waals surface area (Å²) >= 11 is 0. The Balaban J connectivity index is 2.85. The molecule has 0 fully saturated rings. The lowest BCUT2D eigenvalue weighted by Crippen LogP contribution is -2.41. The van der Waals surface area contributed by atoms with Gasteiger partial charge in [0, 0.05) is 0 Å². The number of benzene rings is 1. The summed E-state index contributed by atoms with van der Waals surface area (Å²) < 4.78 is 19.1. The Kier molecular flexibility index (Phi) is 5.68. The molecule has 0 saturated carbocycles. The van der Waals surface area contributed by atoms with Gasteiger partial charge in [0.1, 0.15) is 5.82 Å². The molecule has 0 aliphatic heterocycles. The second-order valence-corrected chi connectivity index (χ2v) is 11.3. The van der Waals surface area contributed by atoms with Gasteiger partial charge in [-0.3, -0.25) is 0 Å². The Morgan fingerprint density at radius 1 is 1.25 bits per heavy atom. The topological polar surface area (TPSA) is 29.5 Å². The molecule has 0 atom stereocenters. The minimum Gasteiger partial charge on any atom is -0.413 e. The van der Waals surface area contributed by atoms with Crippen LogP contribution in [0.4, 0.5) is 4.39 Å². The number of hydrogen-bond acceptors (Lipinski definition) is 2. The van der Waals surface area contributed by atoms with Crippen LogP contribution in [0.25, 0.3) is 5.57 Å². The molecule has 0 saturated heterocycles. The van der Waals surface area contributed by atoms with Crippen LogP contribution >= 0.6 is 0 Å². The van der Waals surface area contributed by atoms with Crippen LogP contribution in [0.3, 0.4) is 0 Å². The molecule has 20 heavy (non-hydrogen) atoms. The standard InChI is InChI=1S/C16H25FO2Si/c1-16(2,3)20(4,5)19-12-14(10-11-18)13-6-8-15(17)9-7-13/h6-10,18H,11-12H2,1-5H3. The fraction of sp³-hybridized carbons (Fsp3) is 0.500. The Hall–Kier alpha value is -0.973. The van der Waals surface area contributed by atoms with E-state index >= 15 is 0 Å². The molecule has 0 heterocycles. The van der Waals surface area contributed by atoms with E-state index in [0.29, 0.717) is 6.61 Å². The highest BCUT2D eigenvalue weighted by molar-refractivity contribution is 6.74. The van der Waals surface area contributed by atoms with Gasteiger partial charge in [0.2, 0.25) is 0 Å². The zero-order valence-electron chi connectivity index (χ0n) is 13.0. The van der Waals surface area contributed by atoms with Gasteiger partial charge in [-0.1, -0.05) is 39.0 Å². The number of hydrogen-bond donors (Lipinski definition) is 1. The number of aliphatic hydroxyl groups is 1. The van der Waals surface area contributed by atoms with E-state index < -0.39 is 8.32 Å². The van der Waals surface area contributed by atoms with E-state index in [1.807, 2.05) is 0 Å². The smallest absolute Gasteiger partial charge is 0.192 e. The van der Waals surface area contributed by atoms with Gasteiger partial charge in [0.15, 0.2) is 8.32 Å². The highest BCUT2D eigenvalue weighted by Crippen LogP contribution is 2.37. The van der Waals surface area contributed by atoms with Crippen molar-refractivity contribution in [1.82, 2.24) is 0 Å². The zero-order valence-corrected chi connectivity index (χ0v) is 14.0. The second kappa shape index (κ2) is 6.65. The summed E-state index contributed by atoms with van der Waals surface area (Å²) in [5.41, 5.74) is 1.79. The molecule has 1 aromatic carbocycles. The monoisotopic (exact) mass is 296 g/mol. The van der Waals surface area contributed by atoms with Crippen molar-refractivity contribution in [3.8, 4) is 0 Å². The lowest BCUT2D eigenvalue weighted by atomic mass is 10.1. The molecule has 0 amide bonds. The molecular weight excluding hydrogens is 271 g/mol. The van der Waals surface area contributed by atoms with Crippen molar-refractivity contribution in [2.75, 3.05) is 13.2 Å². The molecule has 2 nitrogen and oxygen atoms in total. The summed E-state index contributed by atoms with van der Waals surface area (Å²) in [5.74, 6) is -0.262. The van der Waals surface area contributed by atoms with Crippen LogP contribution in [0.2, 0.25) is 18.1 Å². The van der Waals surface area contributed by atoms with E-state index in [4.69, 9.17) is 9.53 Å². The average molecular weight is 296 g/mol. The third-order valence-corrected chi connectivity index (χ3v) is 8.43. The summed E-state index contributed by atoms with van der Waals surface area (Å²) in [5, 5.41) is 9.29. The lowest BCUT2D eigenvalue weighted by molar-refractivity contribution is 0.327. The van der Waals surface area contributed by atoms with Crippen molar-refractivity contribution in [2.24, 2.45) is 0 Å². The van der Waals surface area contributed by atoms with Gasteiger partial charge in [0.25, 0.3) is 0 Å². The first kappa shape index (κ1) is 17.1. The highest BCUT2D eigenvalue weighted by atomic mass is 28.4. The third kappa shape index (κ3) is 4.54. The fourth-order valence-electron chi connectivity index (χ4n) is 1.51. The molecule has 112 valence electrons. The van der Waals surface area contributed by atoms with Crippen molar-refractivity contribution in [3.05, 3.63) is 41.7 Å². The quantitative estimate of drug-likeness (QED) is 0.824. The van der Waals surface area contributed by atoms with Crippen LogP contribution in [-0.4, -0.2) is 26.6 Å². The van der Waals surface area contributed by atoms with Gasteiger partial charge < -0.3 is 9.53 Å². The van der Waals surface area contributed by atoms with Crippen LogP contribution in [0.5, 0.6) is 0 Å². The number of halogens is 1. The van der Waals surface area contributed by atoms with Crippen LogP contribution in [-0.2, 0) is 4.43 Å². The molecule has 0 aromatic heterocycles. The Labute approximate surface area is 122 Å². The summed E-state index contributed by atoms with van der Waals surface area (Å²) in [6.07, 6.45) is 1.72. The van der Waals surface area contributed by atoms with Gasteiger partial charge in [-0.05, 0) is 41.4 Å². The van der Waals surface area contributed by atoms with E-state index in [1.54, 1.807) is 18.2 Å². The first-order chi connectivity index (χ1) is 9.17. The van der Waals surface area contributed by atoms with Crippen molar-refractivity contribution in [1.29, 1.82) is 0 Å². The minimum absolute atomic E-state index is 0.0480. The largest absolute Gasteiger partial charge is 0.413 e. The third-order valence-electron chi connectivity index (χ3n) is 3.95. The van der Waals surface area contributed by atoms with E-state index in [2.05, 4.69) is 33.9 Å². The van der Waals surface area contributed by atoms with Gasteiger partial charge in [-0.2, -0.15) is 0 Å². The first-order valence-corrected chi connectivity index (χ1v) is 9.78. The second-order valence-electron chi connectivity index (χ2n) is 6.47. The molecule has 0 unspecified atom stereocenters. The molecule has 1 rings (SSSR count). The van der Waals surface area contributed by atoms with Gasteiger partial charge in [-0.15, -0.1) is 0 Å². The molecule has 0 bridgehead atoms. The zero-order chi connectivity index (χ0) is 15.4. The van der Waals surface area contributed by atoms with Crippen molar-refractivity contribution in [3.63, 3.8) is 0 Å². The average Bonchev–Trinajstić information content (AvgIpc) is 2.34. The Bertz CT molecular complexity index is 458. The molecular formula is C16H25FO2Si. The molecule has 4 heteroatoms. The summed E-state index contributed by atoms with van der Waals surface area (Å²) in [6.45, 7) is 11.3. The maximum absolute atomic E-state index is 13.0. The van der Waals surface area contributed by atoms with E-state index in [9.17, 15) is 4.39 Å². The summed E-state index contributed by atoms with van der Waals surface area (Å²) in [4.78, 5) is 0. The predicted molar refractivity (Wildman–Crippen MR) is 84.6 cm³/mol. The van der Waals surface area contributed by atoms with Crippen LogP contribution < -0.4 is 0 Å². The number of aliphatic hydroxyl groups excluding tert-OH is 1. The summed E-state index contributed by atoms with van der Waals surface area (Å²) in [6, 6.07) is 6.28. The van der Waals surface area contributed by atoms with Crippen LogP contribution in [0, 0.1) is 5.82 Å². The van der Waals surface area contributed by atoms with Crippen molar-refractivity contribution in [2.45, 2.75) is 38.9 Å². The summed E-state index contributed by atoms with van der Waals surface area (Å²) in [7, 11) is -1.84. The molecule has 1 N–H and O–H groups in total. The normalized spacial score (nSPS) is 13.7. The van der Waals surface area contributed by atoms with Crippen molar-refractivity contribution < 1.29 is 13.9 Å². The van der Waals surface area contributed by atoms with Crippen LogP contribution in [0.1, 0.15) is 26.3 Å². The van der Waals surface area contributed by atoms with Gasteiger partial charge in [0.05, 0.1) is 13.2 Å². The van der Waals surface area contributed by atoms with E-state index in [1.165, 1.54) is 12.1 Å². The SMILES string of the molecule is CC(C)(C)[Si](C)(C)OCC(=CCO)c1ccc(F)cc1. The molecule has 1 aromatic rings. The molecule has 0 aliphatic carbocycles. The van der Waals surface area contributed by atoms with Gasteiger partial charge in [-0.25, -0.2) is 4.39 Å². The molecule has 0 aliphatic rings.